The molecule has 0 saturated heterocycles. The Hall–Kier alpha value is -2.25. The minimum absolute atomic E-state index is 0.199. The van der Waals surface area contributed by atoms with Gasteiger partial charge in [0.2, 0.25) is 0 Å². The number of nitrogens with one attached hydrogen (secondary N) is 1. The molecular formula is C16H14N2O3S2. The van der Waals surface area contributed by atoms with E-state index in [9.17, 15) is 9.59 Å². The quantitative estimate of drug-likeness (QED) is 0.722. The third-order valence-corrected chi connectivity index (χ3v) is 5.58. The van der Waals surface area contributed by atoms with Crippen molar-refractivity contribution in [3.63, 3.8) is 0 Å². The average molecular weight is 346 g/mol. The molecule has 5 nitrogen and oxygen atoms in total. The second-order valence-corrected chi connectivity index (χ2v) is 6.75. The first kappa shape index (κ1) is 15.6. The van der Waals surface area contributed by atoms with Crippen molar-refractivity contribution in [1.29, 1.82) is 0 Å². The summed E-state index contributed by atoms with van der Waals surface area (Å²) in [6, 6.07) is 8.97. The summed E-state index contributed by atoms with van der Waals surface area (Å²) in [5.41, 5.74) is 1.43. The van der Waals surface area contributed by atoms with E-state index in [-0.39, 0.29) is 11.9 Å². The number of rotatable bonds is 4. The van der Waals surface area contributed by atoms with Crippen LogP contribution >= 0.6 is 22.7 Å². The van der Waals surface area contributed by atoms with Crippen molar-refractivity contribution in [3.8, 4) is 0 Å². The largest absolute Gasteiger partial charge is 0.462 e. The van der Waals surface area contributed by atoms with Gasteiger partial charge in [0.1, 0.15) is 9.71 Å². The summed E-state index contributed by atoms with van der Waals surface area (Å²) >= 11 is 2.65. The first-order valence-electron chi connectivity index (χ1n) is 7.03. The molecule has 0 atom stereocenters. The number of amides is 1. The Labute approximate surface area is 140 Å². The highest BCUT2D eigenvalue weighted by molar-refractivity contribution is 7.30. The van der Waals surface area contributed by atoms with E-state index in [4.69, 9.17) is 4.74 Å². The molecule has 0 spiro atoms. The number of hydrogen-bond acceptors (Lipinski definition) is 6. The number of ether oxygens (including phenoxy) is 1. The maximum atomic E-state index is 12.1. The van der Waals surface area contributed by atoms with Crippen molar-refractivity contribution >= 4 is 49.2 Å². The number of thiophene rings is 1. The van der Waals surface area contributed by atoms with Gasteiger partial charge in [-0.2, -0.15) is 0 Å². The number of aryl methyl sites for hydroxylation is 1. The number of anilines is 1. The van der Waals surface area contributed by atoms with Gasteiger partial charge in [-0.15, -0.1) is 11.3 Å². The predicted octanol–water partition coefficient (Wildman–Crippen LogP) is 4.10. The number of fused-ring (bicyclic) bond motifs is 1. The Kier molecular flexibility index (Phi) is 4.40. The number of esters is 1. The van der Waals surface area contributed by atoms with Gasteiger partial charge < -0.3 is 4.74 Å². The van der Waals surface area contributed by atoms with Crippen molar-refractivity contribution in [2.24, 2.45) is 0 Å². The summed E-state index contributed by atoms with van der Waals surface area (Å²) in [6.45, 7) is 3.99. The van der Waals surface area contributed by atoms with Crippen LogP contribution in [0.4, 0.5) is 5.13 Å². The SMILES string of the molecule is CCOC(=O)c1sc2nc(NC(=O)c3ccccc3)sc2c1C. The van der Waals surface area contributed by atoms with Gasteiger partial charge in [-0.25, -0.2) is 9.78 Å². The van der Waals surface area contributed by atoms with E-state index in [1.54, 1.807) is 19.1 Å². The van der Waals surface area contributed by atoms with Crippen LogP contribution in [0.25, 0.3) is 9.53 Å². The molecule has 0 aliphatic rings. The third kappa shape index (κ3) is 3.11. The van der Waals surface area contributed by atoms with Gasteiger partial charge in [0.15, 0.2) is 5.13 Å². The van der Waals surface area contributed by atoms with Crippen molar-refractivity contribution < 1.29 is 14.3 Å². The molecule has 0 bridgehead atoms. The van der Waals surface area contributed by atoms with E-state index in [0.717, 1.165) is 15.1 Å². The van der Waals surface area contributed by atoms with Crippen LogP contribution in [0.2, 0.25) is 0 Å². The van der Waals surface area contributed by atoms with Crippen molar-refractivity contribution in [2.45, 2.75) is 13.8 Å². The monoisotopic (exact) mass is 346 g/mol. The fraction of sp³-hybridized carbons (Fsp3) is 0.188. The average Bonchev–Trinajstić information content (AvgIpc) is 3.07. The zero-order chi connectivity index (χ0) is 16.4. The van der Waals surface area contributed by atoms with Gasteiger partial charge >= 0.3 is 5.97 Å². The van der Waals surface area contributed by atoms with Gasteiger partial charge in [-0.1, -0.05) is 29.5 Å². The normalized spacial score (nSPS) is 10.7. The lowest BCUT2D eigenvalue weighted by molar-refractivity contribution is 0.0531. The Balaban J connectivity index is 1.84. The number of carbonyl (C=O) groups excluding carboxylic acids is 2. The van der Waals surface area contributed by atoms with Crippen LogP contribution in [-0.2, 0) is 4.74 Å². The van der Waals surface area contributed by atoms with Gasteiger partial charge in [-0.3, -0.25) is 10.1 Å². The van der Waals surface area contributed by atoms with Crippen molar-refractivity contribution in [2.75, 3.05) is 11.9 Å². The smallest absolute Gasteiger partial charge is 0.348 e. The Morgan fingerprint density at radius 1 is 1.22 bits per heavy atom. The molecule has 0 aliphatic heterocycles. The molecule has 0 saturated carbocycles. The van der Waals surface area contributed by atoms with Crippen LogP contribution < -0.4 is 5.32 Å². The molecule has 0 aliphatic carbocycles. The summed E-state index contributed by atoms with van der Waals surface area (Å²) in [6.07, 6.45) is 0. The van der Waals surface area contributed by atoms with Gasteiger partial charge in [-0.05, 0) is 31.5 Å². The van der Waals surface area contributed by atoms with E-state index in [1.807, 2.05) is 25.1 Å². The summed E-state index contributed by atoms with van der Waals surface area (Å²) in [7, 11) is 0. The van der Waals surface area contributed by atoms with E-state index in [2.05, 4.69) is 10.3 Å². The van der Waals surface area contributed by atoms with E-state index >= 15 is 0 Å². The van der Waals surface area contributed by atoms with E-state index < -0.39 is 0 Å². The predicted molar refractivity (Wildman–Crippen MR) is 92.6 cm³/mol. The van der Waals surface area contributed by atoms with Crippen molar-refractivity contribution in [1.82, 2.24) is 4.98 Å². The number of thiazole rings is 1. The Morgan fingerprint density at radius 2 is 1.96 bits per heavy atom. The molecule has 3 rings (SSSR count). The molecular weight excluding hydrogens is 332 g/mol. The number of aromatic nitrogens is 1. The molecule has 1 N–H and O–H groups in total. The topological polar surface area (TPSA) is 68.3 Å². The maximum absolute atomic E-state index is 12.1. The molecule has 2 heterocycles. The zero-order valence-electron chi connectivity index (χ0n) is 12.6. The molecule has 0 unspecified atom stereocenters. The summed E-state index contributed by atoms with van der Waals surface area (Å²) in [5.74, 6) is -0.523. The Morgan fingerprint density at radius 3 is 2.61 bits per heavy atom. The van der Waals surface area contributed by atoms with Crippen LogP contribution in [0.1, 0.15) is 32.5 Å². The van der Waals surface area contributed by atoms with Crippen LogP contribution in [0.15, 0.2) is 30.3 Å². The van der Waals surface area contributed by atoms with Gasteiger partial charge in [0.05, 0.1) is 11.3 Å². The maximum Gasteiger partial charge on any atom is 0.348 e. The minimum atomic E-state index is -0.324. The lowest BCUT2D eigenvalue weighted by Crippen LogP contribution is -2.11. The van der Waals surface area contributed by atoms with Crippen LogP contribution in [0.5, 0.6) is 0 Å². The molecule has 3 aromatic rings. The molecule has 0 fully saturated rings. The molecule has 7 heteroatoms. The van der Waals surface area contributed by atoms with E-state index in [0.29, 0.717) is 22.2 Å². The third-order valence-electron chi connectivity index (χ3n) is 3.19. The van der Waals surface area contributed by atoms with Gasteiger partial charge in [0.25, 0.3) is 5.91 Å². The second kappa shape index (κ2) is 6.47. The first-order valence-corrected chi connectivity index (χ1v) is 8.67. The van der Waals surface area contributed by atoms with Crippen molar-refractivity contribution in [3.05, 3.63) is 46.3 Å². The lowest BCUT2D eigenvalue weighted by atomic mass is 10.2. The number of nitrogens with zero attached hydrogens (tertiary/aromatic N) is 1. The fourth-order valence-corrected chi connectivity index (χ4v) is 4.30. The van der Waals surface area contributed by atoms with Gasteiger partial charge in [0, 0.05) is 5.56 Å². The molecule has 1 aromatic carbocycles. The van der Waals surface area contributed by atoms with E-state index in [1.165, 1.54) is 22.7 Å². The van der Waals surface area contributed by atoms with Crippen LogP contribution in [-0.4, -0.2) is 23.5 Å². The highest BCUT2D eigenvalue weighted by Crippen LogP contribution is 2.37. The minimum Gasteiger partial charge on any atom is -0.462 e. The summed E-state index contributed by atoms with van der Waals surface area (Å²) in [5, 5.41) is 3.32. The highest BCUT2D eigenvalue weighted by Gasteiger charge is 2.20. The number of carbonyl (C=O) groups is 2. The molecule has 1 amide bonds. The molecule has 118 valence electrons. The van der Waals surface area contributed by atoms with Crippen LogP contribution in [0.3, 0.4) is 0 Å². The molecule has 2 aromatic heterocycles. The molecule has 0 radical (unpaired) electrons. The van der Waals surface area contributed by atoms with Crippen LogP contribution in [0, 0.1) is 6.92 Å². The Bertz CT molecular complexity index is 868. The number of benzene rings is 1. The first-order chi connectivity index (χ1) is 11.1. The lowest BCUT2D eigenvalue weighted by Gasteiger charge is -2.01. The number of hydrogen-bond donors (Lipinski definition) is 1. The molecule has 23 heavy (non-hydrogen) atoms. The second-order valence-electron chi connectivity index (χ2n) is 4.75. The summed E-state index contributed by atoms with van der Waals surface area (Å²) in [4.78, 5) is 29.7. The highest BCUT2D eigenvalue weighted by atomic mass is 32.1. The standard InChI is InChI=1S/C16H14N2O3S2/c1-3-21-15(20)12-9(2)11-14(22-12)18-16(23-11)17-13(19)10-7-5-4-6-8-10/h4-8H,3H2,1-2H3,(H,17,18,19). The zero-order valence-corrected chi connectivity index (χ0v) is 14.2. The summed E-state index contributed by atoms with van der Waals surface area (Å²) < 4.78 is 5.94. The fourth-order valence-electron chi connectivity index (χ4n) is 2.09.